The third kappa shape index (κ3) is 11.2. The zero-order valence-corrected chi connectivity index (χ0v) is 34.0. The summed E-state index contributed by atoms with van der Waals surface area (Å²) in [6.45, 7) is 2.54. The van der Waals surface area contributed by atoms with E-state index in [0.717, 1.165) is 52.0 Å². The van der Waals surface area contributed by atoms with Crippen LogP contribution in [0.1, 0.15) is 85.2 Å². The van der Waals surface area contributed by atoms with Gasteiger partial charge >= 0.3 is 0 Å². The predicted octanol–water partition coefficient (Wildman–Crippen LogP) is 8.43. The average Bonchev–Trinajstić information content (AvgIpc) is 3.26. The van der Waals surface area contributed by atoms with Crippen molar-refractivity contribution in [3.63, 3.8) is 0 Å². The molecule has 2 fully saturated rings. The van der Waals surface area contributed by atoms with Crippen molar-refractivity contribution in [3.8, 4) is 11.1 Å². The number of piperidine rings is 1. The van der Waals surface area contributed by atoms with Crippen LogP contribution < -0.4 is 16.4 Å². The van der Waals surface area contributed by atoms with Crippen LogP contribution in [-0.2, 0) is 37.8 Å². The molecule has 2 aliphatic heterocycles. The quantitative estimate of drug-likeness (QED) is 0.0523. The van der Waals surface area contributed by atoms with Crippen molar-refractivity contribution in [3.05, 3.63) is 154 Å². The van der Waals surface area contributed by atoms with Crippen molar-refractivity contribution in [1.29, 1.82) is 0 Å². The van der Waals surface area contributed by atoms with Gasteiger partial charge in [0.2, 0.25) is 11.8 Å². The molecule has 10 nitrogen and oxygen atoms in total. The van der Waals surface area contributed by atoms with Crippen molar-refractivity contribution in [2.24, 2.45) is 0 Å². The summed E-state index contributed by atoms with van der Waals surface area (Å²) in [6.07, 6.45) is 2.81. The van der Waals surface area contributed by atoms with Gasteiger partial charge in [0.25, 0.3) is 0 Å². The molecule has 2 saturated heterocycles. The molecule has 3 atom stereocenters. The molecular weight excluding hydrogens is 764 g/mol. The van der Waals surface area contributed by atoms with E-state index in [9.17, 15) is 19.8 Å². The number of nitrogens with one attached hydrogen (secondary N) is 2. The fourth-order valence-corrected chi connectivity index (χ4v) is 8.05. The van der Waals surface area contributed by atoms with E-state index in [1.165, 1.54) is 0 Å². The van der Waals surface area contributed by atoms with Gasteiger partial charge in [-0.1, -0.05) is 109 Å². The lowest BCUT2D eigenvalue weighted by atomic mass is 9.84. The van der Waals surface area contributed by atoms with E-state index in [-0.39, 0.29) is 30.6 Å². The Hall–Kier alpha value is -5.07. The number of carbonyl (C=O) groups is 2. The van der Waals surface area contributed by atoms with Crippen molar-refractivity contribution < 1.29 is 29.3 Å². The molecule has 2 amide bonds. The number of hydrogen-bond donors (Lipinski definition) is 5. The number of anilines is 2. The van der Waals surface area contributed by atoms with Gasteiger partial charge in [0.1, 0.15) is 0 Å². The molecule has 6 N–H and O–H groups in total. The highest BCUT2D eigenvalue weighted by Gasteiger charge is 2.37. The number of ether oxygens (including phenoxy) is 2. The van der Waals surface area contributed by atoms with Crippen molar-refractivity contribution >= 4 is 34.8 Å². The number of amides is 2. The number of nitrogens with two attached hydrogens (primary N) is 1. The van der Waals surface area contributed by atoms with Crippen LogP contribution in [0.4, 0.5) is 11.4 Å². The van der Waals surface area contributed by atoms with Crippen LogP contribution in [0.25, 0.3) is 11.1 Å². The van der Waals surface area contributed by atoms with E-state index in [0.29, 0.717) is 74.4 Å². The summed E-state index contributed by atoms with van der Waals surface area (Å²) >= 11 is 6.11. The number of aliphatic hydroxyl groups is 2. The molecule has 59 heavy (non-hydrogen) atoms. The molecule has 7 rings (SSSR count). The van der Waals surface area contributed by atoms with Gasteiger partial charge in [-0.05, 0) is 83.3 Å². The van der Waals surface area contributed by atoms with Crippen LogP contribution in [0.2, 0.25) is 5.02 Å². The minimum absolute atomic E-state index is 0.0205. The van der Waals surface area contributed by atoms with E-state index in [1.54, 1.807) is 12.1 Å². The SMILES string of the molecule is Nc1ccccc1NC(=O)CCCCC(=O)NCc1ccccc1-c1ccc(C2OC(CN3CCC(O)(c4ccc(Cl)cc4)CC3)CC(c3ccc(CO)cc3)O2)cc1. The number of carbonyl (C=O) groups excluding carboxylic acids is 2. The Labute approximate surface area is 351 Å². The highest BCUT2D eigenvalue weighted by molar-refractivity contribution is 6.30. The Morgan fingerprint density at radius 2 is 1.46 bits per heavy atom. The van der Waals surface area contributed by atoms with Crippen LogP contribution in [0.5, 0.6) is 0 Å². The van der Waals surface area contributed by atoms with Crippen LogP contribution in [0.3, 0.4) is 0 Å². The first kappa shape index (κ1) is 42.1. The second-order valence-electron chi connectivity index (χ2n) is 15.6. The molecule has 0 spiro atoms. The number of aliphatic hydroxyl groups excluding tert-OH is 1. The minimum Gasteiger partial charge on any atom is -0.397 e. The summed E-state index contributed by atoms with van der Waals surface area (Å²) < 4.78 is 13.3. The summed E-state index contributed by atoms with van der Waals surface area (Å²) in [6, 6.07) is 38.8. The predicted molar refractivity (Wildman–Crippen MR) is 231 cm³/mol. The Morgan fingerprint density at radius 3 is 2.17 bits per heavy atom. The van der Waals surface area contributed by atoms with E-state index in [4.69, 9.17) is 26.8 Å². The number of halogens is 1. The Morgan fingerprint density at radius 1 is 0.797 bits per heavy atom. The lowest BCUT2D eigenvalue weighted by Gasteiger charge is -2.42. The standard InChI is InChI=1S/C48H53ClN4O6/c49-39-23-21-38(22-24-39)48(57)25-27-53(28-26-48)31-40-29-44(35-15-13-33(32-54)14-16-35)59-47(58-40)36-19-17-34(18-20-36)41-8-2-1-7-37(41)30-51-45(55)11-5-6-12-46(56)52-43-10-4-3-9-42(43)50/h1-4,7-10,13-24,40,44,47,54,57H,5-6,11-12,25-32,50H2,(H,51,55)(H,52,56). The molecule has 0 bridgehead atoms. The van der Waals surface area contributed by atoms with Crippen LogP contribution in [-0.4, -0.2) is 52.7 Å². The van der Waals surface area contributed by atoms with Crippen LogP contribution in [0, 0.1) is 0 Å². The van der Waals surface area contributed by atoms with E-state index in [2.05, 4.69) is 33.7 Å². The maximum atomic E-state index is 12.8. The van der Waals surface area contributed by atoms with Gasteiger partial charge in [0.05, 0.1) is 35.8 Å². The van der Waals surface area contributed by atoms with Crippen LogP contribution in [0.15, 0.2) is 121 Å². The normalized spacial score (nSPS) is 19.2. The Bertz CT molecular complexity index is 2160. The molecule has 2 aliphatic rings. The van der Waals surface area contributed by atoms with Gasteiger partial charge in [-0.25, -0.2) is 0 Å². The minimum atomic E-state index is -0.886. The molecule has 5 aromatic rings. The molecule has 0 radical (unpaired) electrons. The number of likely N-dealkylation sites (tertiary alicyclic amines) is 1. The molecule has 0 aliphatic carbocycles. The van der Waals surface area contributed by atoms with E-state index >= 15 is 0 Å². The fraction of sp³-hybridized carbons (Fsp3) is 0.333. The third-order valence-corrected chi connectivity index (χ3v) is 11.7. The molecule has 11 heteroatoms. The van der Waals surface area contributed by atoms with Crippen molar-refractivity contribution in [1.82, 2.24) is 10.2 Å². The second-order valence-corrected chi connectivity index (χ2v) is 16.0. The molecule has 2 heterocycles. The largest absolute Gasteiger partial charge is 0.397 e. The maximum absolute atomic E-state index is 12.8. The first-order valence-corrected chi connectivity index (χ1v) is 20.8. The number of rotatable bonds is 15. The van der Waals surface area contributed by atoms with Gasteiger partial charge in [-0.15, -0.1) is 0 Å². The van der Waals surface area contributed by atoms with Gasteiger partial charge in [0, 0.05) is 56.0 Å². The number of unbranched alkanes of at least 4 members (excludes halogenated alkanes) is 1. The smallest absolute Gasteiger partial charge is 0.224 e. The molecule has 308 valence electrons. The number of nitrogen functional groups attached to an aromatic ring is 1. The third-order valence-electron chi connectivity index (χ3n) is 11.4. The Kier molecular flexibility index (Phi) is 14.1. The van der Waals surface area contributed by atoms with Crippen LogP contribution >= 0.6 is 11.6 Å². The van der Waals surface area contributed by atoms with Crippen molar-refractivity contribution in [2.45, 2.75) is 82.2 Å². The second kappa shape index (κ2) is 19.8. The van der Waals surface area contributed by atoms with Gasteiger partial charge in [-0.2, -0.15) is 0 Å². The lowest BCUT2D eigenvalue weighted by molar-refractivity contribution is -0.253. The lowest BCUT2D eigenvalue weighted by Crippen LogP contribution is -2.46. The summed E-state index contributed by atoms with van der Waals surface area (Å²) in [5.74, 6) is -0.187. The average molecular weight is 817 g/mol. The van der Waals surface area contributed by atoms with Gasteiger partial charge in [0.15, 0.2) is 6.29 Å². The summed E-state index contributed by atoms with van der Waals surface area (Å²) in [5, 5.41) is 27.7. The highest BCUT2D eigenvalue weighted by Crippen LogP contribution is 2.40. The summed E-state index contributed by atoms with van der Waals surface area (Å²) in [7, 11) is 0. The number of benzene rings is 5. The molecular formula is C48H53ClN4O6. The molecule has 5 aromatic carbocycles. The van der Waals surface area contributed by atoms with E-state index in [1.807, 2.05) is 91.0 Å². The van der Waals surface area contributed by atoms with Gasteiger partial charge < -0.3 is 41.0 Å². The monoisotopic (exact) mass is 816 g/mol. The highest BCUT2D eigenvalue weighted by atomic mass is 35.5. The first-order chi connectivity index (χ1) is 28.7. The first-order valence-electron chi connectivity index (χ1n) is 20.5. The number of para-hydroxylation sites is 2. The number of hydrogen-bond acceptors (Lipinski definition) is 8. The molecule has 0 aromatic heterocycles. The van der Waals surface area contributed by atoms with E-state index < -0.39 is 11.9 Å². The fourth-order valence-electron chi connectivity index (χ4n) is 7.93. The van der Waals surface area contributed by atoms with Gasteiger partial charge in [-0.3, -0.25) is 9.59 Å². The zero-order valence-electron chi connectivity index (χ0n) is 33.2. The topological polar surface area (TPSA) is 146 Å². The van der Waals surface area contributed by atoms with Crippen molar-refractivity contribution in [2.75, 3.05) is 30.7 Å². The summed E-state index contributed by atoms with van der Waals surface area (Å²) in [4.78, 5) is 27.5. The maximum Gasteiger partial charge on any atom is 0.224 e. The Balaban J connectivity index is 0.956. The summed E-state index contributed by atoms with van der Waals surface area (Å²) in [5.41, 5.74) is 12.8. The number of nitrogens with zero attached hydrogens (tertiary/aromatic N) is 1. The zero-order chi connectivity index (χ0) is 41.2. The molecule has 0 saturated carbocycles. The molecule has 3 unspecified atom stereocenters.